The van der Waals surface area contributed by atoms with E-state index in [0.29, 0.717) is 18.8 Å². The topological polar surface area (TPSA) is 79.5 Å². The van der Waals surface area contributed by atoms with E-state index in [2.05, 4.69) is 16.2 Å². The van der Waals surface area contributed by atoms with Crippen molar-refractivity contribution in [2.45, 2.75) is 13.3 Å². The fourth-order valence-corrected chi connectivity index (χ4v) is 2.29. The molecule has 0 aromatic heterocycles. The normalized spacial score (nSPS) is 10.0. The molecule has 0 aliphatic carbocycles. The predicted octanol–water partition coefficient (Wildman–Crippen LogP) is 2.42. The Hall–Kier alpha value is -2.77. The van der Waals surface area contributed by atoms with E-state index in [1.54, 1.807) is 12.1 Å². The van der Waals surface area contributed by atoms with Crippen LogP contribution in [0.4, 0.5) is 0 Å². The average molecular weight is 371 g/mol. The van der Waals surface area contributed by atoms with E-state index < -0.39 is 0 Å². The van der Waals surface area contributed by atoms with Crippen molar-refractivity contribution < 1.29 is 14.3 Å². The zero-order chi connectivity index (χ0) is 18.8. The molecule has 3 N–H and O–H groups in total. The van der Waals surface area contributed by atoms with Gasteiger partial charge in [0.05, 0.1) is 13.0 Å². The molecule has 0 aliphatic rings. The Morgan fingerprint density at radius 2 is 1.62 bits per heavy atom. The maximum absolute atomic E-state index is 12.2. The molecule has 7 heteroatoms. The van der Waals surface area contributed by atoms with E-state index in [1.807, 2.05) is 49.4 Å². The summed E-state index contributed by atoms with van der Waals surface area (Å²) in [4.78, 5) is 23.7. The summed E-state index contributed by atoms with van der Waals surface area (Å²) in [5.74, 6) is -0.632. The molecule has 136 valence electrons. The third kappa shape index (κ3) is 6.27. The SMILES string of the molecule is CCOCCC(=O)NNC(=S)NC(=O)c1ccc(-c2ccccc2)cc1. The second-order valence-corrected chi connectivity index (χ2v) is 5.75. The highest BCUT2D eigenvalue weighted by Crippen LogP contribution is 2.19. The van der Waals surface area contributed by atoms with Crippen LogP contribution in [0.1, 0.15) is 23.7 Å². The number of hydrogen-bond acceptors (Lipinski definition) is 4. The number of benzene rings is 2. The van der Waals surface area contributed by atoms with Gasteiger partial charge >= 0.3 is 0 Å². The maximum Gasteiger partial charge on any atom is 0.257 e. The summed E-state index contributed by atoms with van der Waals surface area (Å²) >= 11 is 5.00. The fraction of sp³-hybridized carbons (Fsp3) is 0.211. The van der Waals surface area contributed by atoms with E-state index in [-0.39, 0.29) is 23.3 Å². The van der Waals surface area contributed by atoms with Crippen molar-refractivity contribution in [1.82, 2.24) is 16.2 Å². The molecule has 0 atom stereocenters. The average Bonchev–Trinajstić information content (AvgIpc) is 2.67. The van der Waals surface area contributed by atoms with Crippen LogP contribution < -0.4 is 16.2 Å². The zero-order valence-electron chi connectivity index (χ0n) is 14.5. The minimum absolute atomic E-state index is 0.0203. The van der Waals surface area contributed by atoms with E-state index in [0.717, 1.165) is 11.1 Å². The van der Waals surface area contributed by atoms with Crippen LogP contribution in [-0.2, 0) is 9.53 Å². The van der Waals surface area contributed by atoms with E-state index >= 15 is 0 Å². The van der Waals surface area contributed by atoms with Gasteiger partial charge in [-0.25, -0.2) is 0 Å². The van der Waals surface area contributed by atoms with Gasteiger partial charge < -0.3 is 4.74 Å². The molecule has 6 nitrogen and oxygen atoms in total. The van der Waals surface area contributed by atoms with Gasteiger partial charge in [0, 0.05) is 12.2 Å². The van der Waals surface area contributed by atoms with Gasteiger partial charge in [-0.3, -0.25) is 25.8 Å². The minimum Gasteiger partial charge on any atom is -0.381 e. The van der Waals surface area contributed by atoms with Crippen molar-refractivity contribution in [2.24, 2.45) is 0 Å². The Bertz CT molecular complexity index is 748. The van der Waals surface area contributed by atoms with Gasteiger partial charge in [0.1, 0.15) is 0 Å². The van der Waals surface area contributed by atoms with Gasteiger partial charge in [-0.05, 0) is 42.4 Å². The molecule has 0 saturated carbocycles. The molecular weight excluding hydrogens is 350 g/mol. The molecule has 0 unspecified atom stereocenters. The van der Waals surface area contributed by atoms with Gasteiger partial charge in [-0.2, -0.15) is 0 Å². The molecule has 0 aliphatic heterocycles. The molecule has 2 aromatic carbocycles. The molecular formula is C19H21N3O3S. The van der Waals surface area contributed by atoms with Crippen LogP contribution in [0.25, 0.3) is 11.1 Å². The van der Waals surface area contributed by atoms with Gasteiger partial charge in [0.15, 0.2) is 5.11 Å². The number of amides is 2. The standard InChI is InChI=1S/C19H21N3O3S/c1-2-25-13-12-17(23)21-22-19(26)20-18(24)16-10-8-15(9-11-16)14-6-4-3-5-7-14/h3-11H,2,12-13H2,1H3,(H,21,23)(H2,20,22,24,26). The first kappa shape index (κ1) is 19.6. The molecule has 0 bridgehead atoms. The Kier molecular flexibility index (Phi) is 7.73. The number of carbonyl (C=O) groups is 2. The smallest absolute Gasteiger partial charge is 0.257 e. The highest BCUT2D eigenvalue weighted by molar-refractivity contribution is 7.80. The summed E-state index contributed by atoms with van der Waals surface area (Å²) in [7, 11) is 0. The molecule has 2 amide bonds. The van der Waals surface area contributed by atoms with Crippen LogP contribution in [0.15, 0.2) is 54.6 Å². The van der Waals surface area contributed by atoms with Gasteiger partial charge in [-0.15, -0.1) is 0 Å². The first-order chi connectivity index (χ1) is 12.6. The summed E-state index contributed by atoms with van der Waals surface area (Å²) in [5, 5.41) is 2.53. The number of carbonyl (C=O) groups excluding carboxylic acids is 2. The summed E-state index contributed by atoms with van der Waals surface area (Å²) in [6.45, 7) is 2.74. The maximum atomic E-state index is 12.2. The van der Waals surface area contributed by atoms with Gasteiger partial charge in [0.25, 0.3) is 5.91 Å². The number of hydrazine groups is 1. The largest absolute Gasteiger partial charge is 0.381 e. The van der Waals surface area contributed by atoms with Gasteiger partial charge in [-0.1, -0.05) is 42.5 Å². The van der Waals surface area contributed by atoms with Crippen LogP contribution in [-0.4, -0.2) is 30.1 Å². The van der Waals surface area contributed by atoms with Crippen molar-refractivity contribution in [1.29, 1.82) is 0 Å². The van der Waals surface area contributed by atoms with Crippen LogP contribution >= 0.6 is 12.2 Å². The lowest BCUT2D eigenvalue weighted by Gasteiger charge is -2.11. The molecule has 0 radical (unpaired) electrons. The monoisotopic (exact) mass is 371 g/mol. The van der Waals surface area contributed by atoms with Crippen molar-refractivity contribution in [3.05, 3.63) is 60.2 Å². The van der Waals surface area contributed by atoms with Crippen LogP contribution in [0.2, 0.25) is 0 Å². The van der Waals surface area contributed by atoms with Crippen LogP contribution in [0.5, 0.6) is 0 Å². The van der Waals surface area contributed by atoms with Crippen molar-refractivity contribution in [3.8, 4) is 11.1 Å². The lowest BCUT2D eigenvalue weighted by atomic mass is 10.0. The molecule has 0 heterocycles. The van der Waals surface area contributed by atoms with E-state index in [4.69, 9.17) is 17.0 Å². The lowest BCUT2D eigenvalue weighted by molar-refractivity contribution is -0.122. The predicted molar refractivity (Wildman–Crippen MR) is 104 cm³/mol. The number of ether oxygens (including phenoxy) is 1. The first-order valence-electron chi connectivity index (χ1n) is 8.23. The van der Waals surface area contributed by atoms with Crippen LogP contribution in [0, 0.1) is 0 Å². The summed E-state index contributed by atoms with van der Waals surface area (Å²) in [5.41, 5.74) is 7.46. The number of nitrogens with one attached hydrogen (secondary N) is 3. The van der Waals surface area contributed by atoms with Crippen molar-refractivity contribution in [2.75, 3.05) is 13.2 Å². The second kappa shape index (κ2) is 10.3. The van der Waals surface area contributed by atoms with E-state index in [1.165, 1.54) is 0 Å². The Morgan fingerprint density at radius 1 is 0.962 bits per heavy atom. The number of thiocarbonyl (C=S) groups is 1. The van der Waals surface area contributed by atoms with Crippen molar-refractivity contribution >= 4 is 29.1 Å². The summed E-state index contributed by atoms with van der Waals surface area (Å²) in [6, 6.07) is 17.1. The van der Waals surface area contributed by atoms with Gasteiger partial charge in [0.2, 0.25) is 5.91 Å². The quantitative estimate of drug-likeness (QED) is 0.413. The Balaban J connectivity index is 1.81. The second-order valence-electron chi connectivity index (χ2n) is 5.35. The molecule has 0 saturated heterocycles. The molecule has 2 rings (SSSR count). The highest BCUT2D eigenvalue weighted by atomic mass is 32.1. The summed E-state index contributed by atoms with van der Waals surface area (Å²) < 4.78 is 5.08. The first-order valence-corrected chi connectivity index (χ1v) is 8.64. The molecule has 0 spiro atoms. The third-order valence-corrected chi connectivity index (χ3v) is 3.68. The molecule has 0 fully saturated rings. The lowest BCUT2D eigenvalue weighted by Crippen LogP contribution is -2.48. The van der Waals surface area contributed by atoms with Crippen LogP contribution in [0.3, 0.4) is 0 Å². The zero-order valence-corrected chi connectivity index (χ0v) is 15.3. The highest BCUT2D eigenvalue weighted by Gasteiger charge is 2.09. The fourth-order valence-electron chi connectivity index (χ4n) is 2.15. The minimum atomic E-state index is -0.356. The molecule has 26 heavy (non-hydrogen) atoms. The van der Waals surface area contributed by atoms with E-state index in [9.17, 15) is 9.59 Å². The summed E-state index contributed by atoms with van der Waals surface area (Å²) in [6.07, 6.45) is 0.207. The number of rotatable bonds is 6. The molecule has 2 aromatic rings. The third-order valence-electron chi connectivity index (χ3n) is 3.47. The Morgan fingerprint density at radius 3 is 2.27 bits per heavy atom. The number of hydrogen-bond donors (Lipinski definition) is 3. The Labute approximate surface area is 157 Å². The van der Waals surface area contributed by atoms with Crippen molar-refractivity contribution in [3.63, 3.8) is 0 Å².